The summed E-state index contributed by atoms with van der Waals surface area (Å²) in [7, 11) is 0. The molecule has 2 N–H and O–H groups in total. The van der Waals surface area contributed by atoms with Crippen LogP contribution in [0.2, 0.25) is 5.02 Å². The fourth-order valence-corrected chi connectivity index (χ4v) is 2.27. The van der Waals surface area contributed by atoms with Gasteiger partial charge in [0.05, 0.1) is 6.54 Å². The lowest BCUT2D eigenvalue weighted by molar-refractivity contribution is -0.119. The average Bonchev–Trinajstić information content (AvgIpc) is 3.09. The Morgan fingerprint density at radius 2 is 2.24 bits per heavy atom. The SMILES string of the molecule is O=C(CNc1ccc(Cl)cc1Br)NCC1CC1. The molecule has 0 bridgehead atoms. The van der Waals surface area contributed by atoms with Gasteiger partial charge >= 0.3 is 0 Å². The second kappa shape index (κ2) is 5.74. The molecule has 0 radical (unpaired) electrons. The van der Waals surface area contributed by atoms with Crippen molar-refractivity contribution in [1.82, 2.24) is 5.32 Å². The summed E-state index contributed by atoms with van der Waals surface area (Å²) in [5.74, 6) is 0.736. The van der Waals surface area contributed by atoms with Crippen LogP contribution >= 0.6 is 27.5 Å². The van der Waals surface area contributed by atoms with E-state index in [1.807, 2.05) is 6.07 Å². The van der Waals surface area contributed by atoms with E-state index in [0.29, 0.717) is 10.9 Å². The van der Waals surface area contributed by atoms with Gasteiger partial charge in [0.15, 0.2) is 0 Å². The monoisotopic (exact) mass is 316 g/mol. The summed E-state index contributed by atoms with van der Waals surface area (Å²) in [6.45, 7) is 1.09. The number of carbonyl (C=O) groups is 1. The smallest absolute Gasteiger partial charge is 0.239 e. The summed E-state index contributed by atoms with van der Waals surface area (Å²) >= 11 is 9.22. The molecule has 0 atom stereocenters. The van der Waals surface area contributed by atoms with Crippen molar-refractivity contribution in [2.24, 2.45) is 5.92 Å². The molecule has 1 saturated carbocycles. The molecule has 1 aliphatic rings. The highest BCUT2D eigenvalue weighted by Crippen LogP contribution is 2.27. The third-order valence-electron chi connectivity index (χ3n) is 2.66. The number of nitrogens with one attached hydrogen (secondary N) is 2. The number of hydrogen-bond acceptors (Lipinski definition) is 2. The molecule has 1 aliphatic carbocycles. The summed E-state index contributed by atoms with van der Waals surface area (Å²) < 4.78 is 0.861. The first-order valence-electron chi connectivity index (χ1n) is 5.61. The lowest BCUT2D eigenvalue weighted by Gasteiger charge is -2.09. The van der Waals surface area contributed by atoms with Gasteiger partial charge in [0.25, 0.3) is 0 Å². The molecule has 0 saturated heterocycles. The number of benzene rings is 1. The zero-order valence-corrected chi connectivity index (χ0v) is 11.6. The second-order valence-corrected chi connectivity index (χ2v) is 5.52. The van der Waals surface area contributed by atoms with Gasteiger partial charge in [0.1, 0.15) is 0 Å². The minimum absolute atomic E-state index is 0.0266. The van der Waals surface area contributed by atoms with E-state index in [2.05, 4.69) is 26.6 Å². The Bertz CT molecular complexity index is 421. The van der Waals surface area contributed by atoms with E-state index in [1.54, 1.807) is 12.1 Å². The lowest BCUT2D eigenvalue weighted by atomic mass is 10.3. The first-order valence-corrected chi connectivity index (χ1v) is 6.78. The van der Waals surface area contributed by atoms with E-state index < -0.39 is 0 Å². The molecule has 0 heterocycles. The van der Waals surface area contributed by atoms with E-state index >= 15 is 0 Å². The molecule has 0 aromatic heterocycles. The first-order chi connectivity index (χ1) is 8.15. The van der Waals surface area contributed by atoms with Gasteiger partial charge < -0.3 is 10.6 Å². The predicted molar refractivity (Wildman–Crippen MR) is 73.4 cm³/mol. The number of anilines is 1. The van der Waals surface area contributed by atoms with Crippen molar-refractivity contribution in [3.05, 3.63) is 27.7 Å². The maximum absolute atomic E-state index is 11.5. The molecule has 17 heavy (non-hydrogen) atoms. The Balaban J connectivity index is 1.77. The molecular formula is C12H14BrClN2O. The number of amides is 1. The summed E-state index contributed by atoms with van der Waals surface area (Å²) in [5, 5.41) is 6.64. The van der Waals surface area contributed by atoms with Crippen molar-refractivity contribution in [1.29, 1.82) is 0 Å². The largest absolute Gasteiger partial charge is 0.375 e. The Hall–Kier alpha value is -0.740. The minimum atomic E-state index is 0.0266. The third-order valence-corrected chi connectivity index (χ3v) is 3.55. The summed E-state index contributed by atoms with van der Waals surface area (Å²) in [4.78, 5) is 11.5. The zero-order valence-electron chi connectivity index (χ0n) is 9.30. The highest BCUT2D eigenvalue weighted by atomic mass is 79.9. The molecule has 1 fully saturated rings. The van der Waals surface area contributed by atoms with Gasteiger partial charge in [-0.3, -0.25) is 4.79 Å². The predicted octanol–water partition coefficient (Wildman–Crippen LogP) is 3.04. The van der Waals surface area contributed by atoms with Crippen molar-refractivity contribution >= 4 is 39.1 Å². The maximum atomic E-state index is 11.5. The molecule has 0 spiro atoms. The average molecular weight is 318 g/mol. The van der Waals surface area contributed by atoms with Crippen molar-refractivity contribution in [2.75, 3.05) is 18.4 Å². The fourth-order valence-electron chi connectivity index (χ4n) is 1.45. The summed E-state index contributed by atoms with van der Waals surface area (Å²) in [6, 6.07) is 5.43. The standard InChI is InChI=1S/C12H14BrClN2O/c13-10-5-9(14)3-4-11(10)15-7-12(17)16-6-8-1-2-8/h3-5,8,15H,1-2,6-7H2,(H,16,17). The Morgan fingerprint density at radius 1 is 1.47 bits per heavy atom. The Morgan fingerprint density at radius 3 is 2.88 bits per heavy atom. The highest BCUT2D eigenvalue weighted by Gasteiger charge is 2.21. The maximum Gasteiger partial charge on any atom is 0.239 e. The fraction of sp³-hybridized carbons (Fsp3) is 0.417. The normalized spacial score (nSPS) is 14.5. The number of rotatable bonds is 5. The van der Waals surface area contributed by atoms with Crippen molar-refractivity contribution < 1.29 is 4.79 Å². The molecule has 3 nitrogen and oxygen atoms in total. The van der Waals surface area contributed by atoms with Crippen molar-refractivity contribution in [3.8, 4) is 0 Å². The van der Waals surface area contributed by atoms with Crippen LogP contribution in [0.1, 0.15) is 12.8 Å². The van der Waals surface area contributed by atoms with Crippen LogP contribution in [0.15, 0.2) is 22.7 Å². The molecule has 5 heteroatoms. The molecule has 0 aliphatic heterocycles. The first kappa shape index (κ1) is 12.7. The van der Waals surface area contributed by atoms with Gasteiger partial charge in [-0.1, -0.05) is 11.6 Å². The van der Waals surface area contributed by atoms with E-state index in [4.69, 9.17) is 11.6 Å². The van der Waals surface area contributed by atoms with Gasteiger partial charge in [0, 0.05) is 21.7 Å². The minimum Gasteiger partial charge on any atom is -0.375 e. The third kappa shape index (κ3) is 4.21. The van der Waals surface area contributed by atoms with Crippen molar-refractivity contribution in [2.45, 2.75) is 12.8 Å². The Kier molecular flexibility index (Phi) is 4.29. The van der Waals surface area contributed by atoms with E-state index in [0.717, 1.165) is 16.7 Å². The molecule has 2 rings (SSSR count). The van der Waals surface area contributed by atoms with Crippen LogP contribution in [0.5, 0.6) is 0 Å². The van der Waals surface area contributed by atoms with Crippen LogP contribution in [0, 0.1) is 5.92 Å². The molecule has 92 valence electrons. The molecule has 0 unspecified atom stereocenters. The van der Waals surface area contributed by atoms with Crippen LogP contribution in [0.4, 0.5) is 5.69 Å². The van der Waals surface area contributed by atoms with Gasteiger partial charge in [-0.2, -0.15) is 0 Å². The molecule has 1 aromatic rings. The van der Waals surface area contributed by atoms with Crippen LogP contribution in [0.25, 0.3) is 0 Å². The van der Waals surface area contributed by atoms with Gasteiger partial charge in [-0.05, 0) is 52.9 Å². The number of halogens is 2. The summed E-state index contributed by atoms with van der Waals surface area (Å²) in [5.41, 5.74) is 0.871. The zero-order chi connectivity index (χ0) is 12.3. The van der Waals surface area contributed by atoms with Gasteiger partial charge in [-0.25, -0.2) is 0 Å². The topological polar surface area (TPSA) is 41.1 Å². The number of hydrogen-bond donors (Lipinski definition) is 2. The van der Waals surface area contributed by atoms with E-state index in [-0.39, 0.29) is 12.5 Å². The Labute approximate surface area is 114 Å². The van der Waals surface area contributed by atoms with Crippen molar-refractivity contribution in [3.63, 3.8) is 0 Å². The molecule has 1 aromatic carbocycles. The van der Waals surface area contributed by atoms with Crippen LogP contribution in [-0.2, 0) is 4.79 Å². The number of carbonyl (C=O) groups excluding carboxylic acids is 1. The van der Waals surface area contributed by atoms with Gasteiger partial charge in [0.2, 0.25) is 5.91 Å². The van der Waals surface area contributed by atoms with Gasteiger partial charge in [-0.15, -0.1) is 0 Å². The van der Waals surface area contributed by atoms with Crippen LogP contribution < -0.4 is 10.6 Å². The molecular weight excluding hydrogens is 304 g/mol. The second-order valence-electron chi connectivity index (χ2n) is 4.23. The van der Waals surface area contributed by atoms with Crippen LogP contribution in [0.3, 0.4) is 0 Å². The van der Waals surface area contributed by atoms with E-state index in [1.165, 1.54) is 12.8 Å². The highest BCUT2D eigenvalue weighted by molar-refractivity contribution is 9.10. The summed E-state index contributed by atoms with van der Waals surface area (Å²) in [6.07, 6.45) is 2.49. The van der Waals surface area contributed by atoms with Crippen LogP contribution in [-0.4, -0.2) is 19.0 Å². The molecule has 1 amide bonds. The lowest BCUT2D eigenvalue weighted by Crippen LogP contribution is -2.31. The van der Waals surface area contributed by atoms with E-state index in [9.17, 15) is 4.79 Å². The quantitative estimate of drug-likeness (QED) is 0.876.